The van der Waals surface area contributed by atoms with Gasteiger partial charge in [0.05, 0.1) is 0 Å². The van der Waals surface area contributed by atoms with Crippen molar-refractivity contribution >= 4 is 0 Å². The van der Waals surface area contributed by atoms with Crippen LogP contribution >= 0.6 is 0 Å². The SMILES string of the molecule is CCOCCCNC1CCCCC1C(C)C. The van der Waals surface area contributed by atoms with Crippen molar-refractivity contribution in [2.75, 3.05) is 19.8 Å². The predicted molar refractivity (Wildman–Crippen MR) is 69.7 cm³/mol. The smallest absolute Gasteiger partial charge is 0.0477 e. The molecule has 1 aliphatic carbocycles. The van der Waals surface area contributed by atoms with Crippen molar-refractivity contribution < 1.29 is 4.74 Å². The normalized spacial score (nSPS) is 26.2. The standard InChI is InChI=1S/C14H29NO/c1-4-16-11-7-10-15-14-9-6-5-8-13(14)12(2)3/h12-15H,4-11H2,1-3H3. The summed E-state index contributed by atoms with van der Waals surface area (Å²) in [5.41, 5.74) is 0. The summed E-state index contributed by atoms with van der Waals surface area (Å²) in [5.74, 6) is 1.71. The second-order valence-corrected chi connectivity index (χ2v) is 5.30. The zero-order chi connectivity index (χ0) is 11.8. The summed E-state index contributed by atoms with van der Waals surface area (Å²) in [4.78, 5) is 0. The Labute approximate surface area is 101 Å². The summed E-state index contributed by atoms with van der Waals surface area (Å²) >= 11 is 0. The molecule has 1 saturated carbocycles. The summed E-state index contributed by atoms with van der Waals surface area (Å²) in [6.45, 7) is 9.66. The molecule has 0 bridgehead atoms. The van der Waals surface area contributed by atoms with Crippen LogP contribution in [0.15, 0.2) is 0 Å². The molecule has 0 aliphatic heterocycles. The molecular weight excluding hydrogens is 198 g/mol. The highest BCUT2D eigenvalue weighted by atomic mass is 16.5. The average molecular weight is 227 g/mol. The second-order valence-electron chi connectivity index (χ2n) is 5.30. The van der Waals surface area contributed by atoms with E-state index in [4.69, 9.17) is 4.74 Å². The molecule has 2 unspecified atom stereocenters. The topological polar surface area (TPSA) is 21.3 Å². The van der Waals surface area contributed by atoms with Gasteiger partial charge in [-0.05, 0) is 44.6 Å². The summed E-state index contributed by atoms with van der Waals surface area (Å²) < 4.78 is 5.36. The lowest BCUT2D eigenvalue weighted by molar-refractivity contribution is 0.140. The summed E-state index contributed by atoms with van der Waals surface area (Å²) in [7, 11) is 0. The fourth-order valence-corrected chi connectivity index (χ4v) is 2.82. The molecule has 2 heteroatoms. The van der Waals surface area contributed by atoms with E-state index in [1.807, 2.05) is 0 Å². The molecule has 0 aromatic rings. The van der Waals surface area contributed by atoms with Gasteiger partial charge in [-0.2, -0.15) is 0 Å². The molecule has 2 nitrogen and oxygen atoms in total. The van der Waals surface area contributed by atoms with E-state index in [-0.39, 0.29) is 0 Å². The van der Waals surface area contributed by atoms with Gasteiger partial charge >= 0.3 is 0 Å². The van der Waals surface area contributed by atoms with Crippen molar-refractivity contribution in [2.45, 2.75) is 58.9 Å². The summed E-state index contributed by atoms with van der Waals surface area (Å²) in [6, 6.07) is 0.760. The van der Waals surface area contributed by atoms with E-state index in [9.17, 15) is 0 Å². The van der Waals surface area contributed by atoms with Gasteiger partial charge in [-0.25, -0.2) is 0 Å². The molecule has 1 rings (SSSR count). The van der Waals surface area contributed by atoms with Crippen molar-refractivity contribution in [3.8, 4) is 0 Å². The zero-order valence-corrected chi connectivity index (χ0v) is 11.3. The molecule has 0 amide bonds. The van der Waals surface area contributed by atoms with Gasteiger partial charge in [-0.15, -0.1) is 0 Å². The Morgan fingerprint density at radius 2 is 2.00 bits per heavy atom. The van der Waals surface area contributed by atoms with Crippen molar-refractivity contribution in [3.63, 3.8) is 0 Å². The number of nitrogens with one attached hydrogen (secondary N) is 1. The first-order chi connectivity index (χ1) is 7.75. The Balaban J connectivity index is 2.17. The highest BCUT2D eigenvalue weighted by Gasteiger charge is 2.26. The number of rotatable bonds is 7. The molecule has 0 aromatic heterocycles. The van der Waals surface area contributed by atoms with Crippen molar-refractivity contribution in [2.24, 2.45) is 11.8 Å². The monoisotopic (exact) mass is 227 g/mol. The van der Waals surface area contributed by atoms with Crippen molar-refractivity contribution in [3.05, 3.63) is 0 Å². The van der Waals surface area contributed by atoms with Crippen molar-refractivity contribution in [1.29, 1.82) is 0 Å². The minimum Gasteiger partial charge on any atom is -0.382 e. The first-order valence-electron chi connectivity index (χ1n) is 7.06. The molecule has 0 saturated heterocycles. The van der Waals surface area contributed by atoms with Crippen LogP contribution in [0.25, 0.3) is 0 Å². The van der Waals surface area contributed by atoms with Gasteiger partial charge in [0.15, 0.2) is 0 Å². The second kappa shape index (κ2) is 8.08. The van der Waals surface area contributed by atoms with E-state index in [1.54, 1.807) is 0 Å². The van der Waals surface area contributed by atoms with Crippen LogP contribution in [-0.2, 0) is 4.74 Å². The molecule has 1 N–H and O–H groups in total. The van der Waals surface area contributed by atoms with Crippen LogP contribution in [0.5, 0.6) is 0 Å². The lowest BCUT2D eigenvalue weighted by Crippen LogP contribution is -2.41. The Hall–Kier alpha value is -0.0800. The van der Waals surface area contributed by atoms with Crippen LogP contribution in [0.1, 0.15) is 52.9 Å². The molecule has 16 heavy (non-hydrogen) atoms. The van der Waals surface area contributed by atoms with Crippen LogP contribution in [0.3, 0.4) is 0 Å². The molecule has 96 valence electrons. The Kier molecular flexibility index (Phi) is 7.06. The van der Waals surface area contributed by atoms with Crippen molar-refractivity contribution in [1.82, 2.24) is 5.32 Å². The van der Waals surface area contributed by atoms with Gasteiger partial charge in [0.2, 0.25) is 0 Å². The summed E-state index contributed by atoms with van der Waals surface area (Å²) in [5, 5.41) is 3.73. The van der Waals surface area contributed by atoms with Gasteiger partial charge in [0, 0.05) is 19.3 Å². The minimum atomic E-state index is 0.760. The van der Waals surface area contributed by atoms with Crippen LogP contribution < -0.4 is 5.32 Å². The molecule has 2 atom stereocenters. The summed E-state index contributed by atoms with van der Waals surface area (Å²) in [6.07, 6.45) is 6.78. The molecular formula is C14H29NO. The first kappa shape index (κ1) is 14.0. The molecule has 0 aromatic carbocycles. The van der Waals surface area contributed by atoms with E-state index in [0.29, 0.717) is 0 Å². The average Bonchev–Trinajstić information content (AvgIpc) is 2.29. The van der Waals surface area contributed by atoms with E-state index in [2.05, 4.69) is 26.1 Å². The third-order valence-electron chi connectivity index (χ3n) is 3.75. The fraction of sp³-hybridized carbons (Fsp3) is 1.00. The Bertz CT molecular complexity index is 170. The Morgan fingerprint density at radius 1 is 1.25 bits per heavy atom. The molecule has 0 radical (unpaired) electrons. The Morgan fingerprint density at radius 3 is 2.69 bits per heavy atom. The van der Waals surface area contributed by atoms with Gasteiger partial charge in [0.25, 0.3) is 0 Å². The molecule has 0 heterocycles. The van der Waals surface area contributed by atoms with Crippen LogP contribution in [0, 0.1) is 11.8 Å². The quantitative estimate of drug-likeness (QED) is 0.674. The van der Waals surface area contributed by atoms with Crippen LogP contribution in [0.2, 0.25) is 0 Å². The predicted octanol–water partition coefficient (Wildman–Crippen LogP) is 3.22. The lowest BCUT2D eigenvalue weighted by Gasteiger charge is -2.35. The maximum atomic E-state index is 5.36. The number of ether oxygens (including phenoxy) is 1. The molecule has 1 fully saturated rings. The number of hydrogen-bond donors (Lipinski definition) is 1. The maximum Gasteiger partial charge on any atom is 0.0477 e. The third kappa shape index (κ3) is 4.84. The van der Waals surface area contributed by atoms with Crippen LogP contribution in [0.4, 0.5) is 0 Å². The first-order valence-corrected chi connectivity index (χ1v) is 7.06. The highest BCUT2D eigenvalue weighted by Crippen LogP contribution is 2.30. The highest BCUT2D eigenvalue weighted by molar-refractivity contribution is 4.82. The van der Waals surface area contributed by atoms with E-state index >= 15 is 0 Å². The fourth-order valence-electron chi connectivity index (χ4n) is 2.82. The largest absolute Gasteiger partial charge is 0.382 e. The lowest BCUT2D eigenvalue weighted by atomic mass is 9.78. The maximum absolute atomic E-state index is 5.36. The van der Waals surface area contributed by atoms with Crippen LogP contribution in [-0.4, -0.2) is 25.8 Å². The zero-order valence-electron chi connectivity index (χ0n) is 11.3. The van der Waals surface area contributed by atoms with Gasteiger partial charge in [-0.1, -0.05) is 26.7 Å². The van der Waals surface area contributed by atoms with Gasteiger partial charge in [-0.3, -0.25) is 0 Å². The molecule has 1 aliphatic rings. The minimum absolute atomic E-state index is 0.760. The third-order valence-corrected chi connectivity index (χ3v) is 3.75. The molecule has 0 spiro atoms. The van der Waals surface area contributed by atoms with E-state index < -0.39 is 0 Å². The van der Waals surface area contributed by atoms with E-state index in [0.717, 1.165) is 44.1 Å². The van der Waals surface area contributed by atoms with E-state index in [1.165, 1.54) is 25.7 Å². The van der Waals surface area contributed by atoms with Gasteiger partial charge < -0.3 is 10.1 Å². The van der Waals surface area contributed by atoms with Gasteiger partial charge in [0.1, 0.15) is 0 Å². The number of hydrogen-bond acceptors (Lipinski definition) is 2.